The van der Waals surface area contributed by atoms with Crippen molar-refractivity contribution in [2.75, 3.05) is 0 Å². The zero-order valence-corrected chi connectivity index (χ0v) is 7.41. The minimum absolute atomic E-state index is 0.700. The normalized spacial score (nSPS) is 19.2. The Morgan fingerprint density at radius 3 is 1.70 bits per heavy atom. The lowest BCUT2D eigenvalue weighted by atomic mass is 10.2. The van der Waals surface area contributed by atoms with Gasteiger partial charge in [-0.2, -0.15) is 0 Å². The number of rotatable bonds is 2. The minimum Gasteiger partial charge on any atom is -0.244 e. The molecule has 0 amide bonds. The lowest BCUT2D eigenvalue weighted by Crippen LogP contribution is -1.95. The summed E-state index contributed by atoms with van der Waals surface area (Å²) in [6.07, 6.45) is 4.67. The molecular weight excluding hydrogens is 127 g/mol. The fourth-order valence-corrected chi connectivity index (χ4v) is 0.834. The maximum Gasteiger partial charge on any atom is 0.111 e. The first-order valence-electron chi connectivity index (χ1n) is 4.37. The van der Waals surface area contributed by atoms with Crippen molar-refractivity contribution in [2.45, 2.75) is 58.5 Å². The van der Waals surface area contributed by atoms with Gasteiger partial charge in [0.05, 0.1) is 0 Å². The summed E-state index contributed by atoms with van der Waals surface area (Å²) in [5.41, 5.74) is -0.700. The van der Waals surface area contributed by atoms with Crippen molar-refractivity contribution in [2.24, 2.45) is 0 Å². The lowest BCUT2D eigenvalue weighted by Gasteiger charge is -1.96. The monoisotopic (exact) mass is 146 g/mol. The first-order chi connectivity index (χ1) is 4.68. The van der Waals surface area contributed by atoms with Crippen LogP contribution in [0.3, 0.4) is 0 Å². The third kappa shape index (κ3) is 4.78. The predicted molar refractivity (Wildman–Crippen MR) is 43.9 cm³/mol. The molecule has 1 heteroatoms. The second-order valence-corrected chi connectivity index (χ2v) is 3.11. The fourth-order valence-electron chi connectivity index (χ4n) is 0.834. The molecule has 0 heterocycles. The Morgan fingerprint density at radius 1 is 1.20 bits per heavy atom. The Bertz CT molecular complexity index is 74.8. The van der Waals surface area contributed by atoms with Crippen molar-refractivity contribution < 1.29 is 4.39 Å². The average Bonchev–Trinajstić information content (AvgIpc) is 2.51. The molecule has 1 fully saturated rings. The summed E-state index contributed by atoms with van der Waals surface area (Å²) < 4.78 is 12.5. The van der Waals surface area contributed by atoms with Gasteiger partial charge in [-0.05, 0) is 19.3 Å². The van der Waals surface area contributed by atoms with Gasteiger partial charge in [-0.25, -0.2) is 4.39 Å². The molecule has 0 aliphatic heterocycles. The zero-order valence-electron chi connectivity index (χ0n) is 7.41. The van der Waals surface area contributed by atoms with E-state index in [-0.39, 0.29) is 0 Å². The van der Waals surface area contributed by atoms with E-state index in [0.717, 1.165) is 25.7 Å². The van der Waals surface area contributed by atoms with E-state index >= 15 is 0 Å². The van der Waals surface area contributed by atoms with Crippen molar-refractivity contribution in [3.63, 3.8) is 0 Å². The molecule has 1 saturated carbocycles. The largest absolute Gasteiger partial charge is 0.244 e. The summed E-state index contributed by atoms with van der Waals surface area (Å²) in [4.78, 5) is 0. The molecular formula is C9H19F. The Labute approximate surface area is 63.8 Å². The molecule has 0 nitrogen and oxygen atoms in total. The molecule has 1 rings (SSSR count). The predicted octanol–water partition coefficient (Wildman–Crippen LogP) is 3.70. The highest BCUT2D eigenvalue weighted by Crippen LogP contribution is 2.43. The van der Waals surface area contributed by atoms with Crippen LogP contribution in [0.15, 0.2) is 0 Å². The van der Waals surface area contributed by atoms with E-state index < -0.39 is 5.67 Å². The maximum absolute atomic E-state index is 12.5. The van der Waals surface area contributed by atoms with Crippen LogP contribution in [-0.4, -0.2) is 5.67 Å². The van der Waals surface area contributed by atoms with E-state index in [1.54, 1.807) is 0 Å². The number of hydrogen-bond acceptors (Lipinski definition) is 0. The fraction of sp³-hybridized carbons (Fsp3) is 1.00. The molecule has 0 aromatic rings. The van der Waals surface area contributed by atoms with Gasteiger partial charge in [0.2, 0.25) is 0 Å². The van der Waals surface area contributed by atoms with E-state index in [4.69, 9.17) is 0 Å². The summed E-state index contributed by atoms with van der Waals surface area (Å²) in [5.74, 6) is 0. The smallest absolute Gasteiger partial charge is 0.111 e. The quantitative estimate of drug-likeness (QED) is 0.557. The molecule has 0 atom stereocenters. The number of alkyl halides is 1. The molecule has 0 aromatic carbocycles. The van der Waals surface area contributed by atoms with Crippen molar-refractivity contribution in [1.29, 1.82) is 0 Å². The van der Waals surface area contributed by atoms with Gasteiger partial charge in [0.15, 0.2) is 0 Å². The Balaban J connectivity index is 0.000000236. The van der Waals surface area contributed by atoms with E-state index in [0.29, 0.717) is 0 Å². The zero-order chi connectivity index (χ0) is 8.04. The second kappa shape index (κ2) is 4.70. The summed E-state index contributed by atoms with van der Waals surface area (Å²) in [5, 5.41) is 0. The van der Waals surface area contributed by atoms with Crippen molar-refractivity contribution in [1.82, 2.24) is 0 Å². The Hall–Kier alpha value is -0.0700. The van der Waals surface area contributed by atoms with Gasteiger partial charge < -0.3 is 0 Å². The average molecular weight is 146 g/mol. The van der Waals surface area contributed by atoms with Crippen LogP contribution in [0.5, 0.6) is 0 Å². The second-order valence-electron chi connectivity index (χ2n) is 3.11. The molecule has 0 aromatic heterocycles. The third-order valence-corrected chi connectivity index (χ3v) is 1.49. The van der Waals surface area contributed by atoms with Crippen molar-refractivity contribution >= 4 is 0 Å². The minimum atomic E-state index is -0.700. The summed E-state index contributed by atoms with van der Waals surface area (Å²) in [6, 6.07) is 0. The van der Waals surface area contributed by atoms with E-state index in [2.05, 4.69) is 13.8 Å². The van der Waals surface area contributed by atoms with Crippen LogP contribution in [-0.2, 0) is 0 Å². The van der Waals surface area contributed by atoms with E-state index in [9.17, 15) is 4.39 Å². The van der Waals surface area contributed by atoms with Gasteiger partial charge in [-0.15, -0.1) is 0 Å². The SMILES string of the molecule is CCC.CCCC1(F)CC1. The van der Waals surface area contributed by atoms with Gasteiger partial charge in [-0.3, -0.25) is 0 Å². The van der Waals surface area contributed by atoms with Crippen molar-refractivity contribution in [3.8, 4) is 0 Å². The Morgan fingerprint density at radius 2 is 1.60 bits per heavy atom. The van der Waals surface area contributed by atoms with Crippen LogP contribution in [0.4, 0.5) is 4.39 Å². The number of halogens is 1. The van der Waals surface area contributed by atoms with Crippen LogP contribution >= 0.6 is 0 Å². The molecule has 62 valence electrons. The lowest BCUT2D eigenvalue weighted by molar-refractivity contribution is 0.287. The topological polar surface area (TPSA) is 0 Å². The van der Waals surface area contributed by atoms with Crippen LogP contribution in [0.2, 0.25) is 0 Å². The Kier molecular flexibility index (Phi) is 4.67. The molecule has 0 radical (unpaired) electrons. The van der Waals surface area contributed by atoms with Crippen LogP contribution in [0, 0.1) is 0 Å². The molecule has 0 unspecified atom stereocenters. The molecule has 10 heavy (non-hydrogen) atoms. The van der Waals surface area contributed by atoms with Gasteiger partial charge in [0.1, 0.15) is 5.67 Å². The van der Waals surface area contributed by atoms with Crippen molar-refractivity contribution in [3.05, 3.63) is 0 Å². The summed E-state index contributed by atoms with van der Waals surface area (Å²) >= 11 is 0. The van der Waals surface area contributed by atoms with Gasteiger partial charge in [0.25, 0.3) is 0 Å². The van der Waals surface area contributed by atoms with Gasteiger partial charge >= 0.3 is 0 Å². The highest BCUT2D eigenvalue weighted by atomic mass is 19.1. The van der Waals surface area contributed by atoms with Gasteiger partial charge in [0, 0.05) is 0 Å². The standard InChI is InChI=1S/C6H11F.C3H8/c1-2-3-6(7)4-5-6;1-3-2/h2-5H2,1H3;3H2,1-2H3. The first kappa shape index (κ1) is 9.93. The third-order valence-electron chi connectivity index (χ3n) is 1.49. The molecule has 0 bridgehead atoms. The van der Waals surface area contributed by atoms with Crippen LogP contribution in [0.1, 0.15) is 52.9 Å². The highest BCUT2D eigenvalue weighted by molar-refractivity contribution is 4.92. The van der Waals surface area contributed by atoms with Crippen LogP contribution < -0.4 is 0 Å². The summed E-state index contributed by atoms with van der Waals surface area (Å²) in [7, 11) is 0. The first-order valence-corrected chi connectivity index (χ1v) is 4.37. The molecule has 1 aliphatic rings. The highest BCUT2D eigenvalue weighted by Gasteiger charge is 2.41. The maximum atomic E-state index is 12.5. The number of hydrogen-bond donors (Lipinski definition) is 0. The van der Waals surface area contributed by atoms with Crippen LogP contribution in [0.25, 0.3) is 0 Å². The molecule has 1 aliphatic carbocycles. The van der Waals surface area contributed by atoms with E-state index in [1.165, 1.54) is 6.42 Å². The molecule has 0 saturated heterocycles. The summed E-state index contributed by atoms with van der Waals surface area (Å²) in [6.45, 7) is 6.28. The van der Waals surface area contributed by atoms with Gasteiger partial charge in [-0.1, -0.05) is 33.6 Å². The molecule has 0 spiro atoms. The van der Waals surface area contributed by atoms with E-state index in [1.807, 2.05) is 6.92 Å². The molecule has 0 N–H and O–H groups in total.